The summed E-state index contributed by atoms with van der Waals surface area (Å²) in [4.78, 5) is 4.07. The monoisotopic (exact) mass is 593 g/mol. The van der Waals surface area contributed by atoms with E-state index >= 15 is 4.39 Å². The van der Waals surface area contributed by atoms with E-state index in [1.807, 2.05) is 91.0 Å². The molecule has 0 spiro atoms. The molecule has 5 aromatic rings. The Labute approximate surface area is 254 Å². The molecular weight excluding hydrogens is 561 g/mol. The molecular formula is C34H32FN5O4. The van der Waals surface area contributed by atoms with Gasteiger partial charge in [0.2, 0.25) is 5.60 Å². The van der Waals surface area contributed by atoms with Crippen molar-refractivity contribution in [2.45, 2.75) is 43.2 Å². The quantitative estimate of drug-likeness (QED) is 0.211. The van der Waals surface area contributed by atoms with Crippen LogP contribution in [0.5, 0.6) is 0 Å². The van der Waals surface area contributed by atoms with Crippen molar-refractivity contribution in [3.63, 3.8) is 0 Å². The fourth-order valence-electron chi connectivity index (χ4n) is 5.64. The summed E-state index contributed by atoms with van der Waals surface area (Å²) in [5.74, 6) is 0.221. The van der Waals surface area contributed by atoms with Crippen molar-refractivity contribution in [1.29, 1.82) is 5.26 Å². The highest BCUT2D eigenvalue weighted by molar-refractivity contribution is 5.66. The van der Waals surface area contributed by atoms with Crippen LogP contribution in [0.2, 0.25) is 0 Å². The lowest BCUT2D eigenvalue weighted by atomic mass is 9.88. The van der Waals surface area contributed by atoms with Crippen LogP contribution in [-0.2, 0) is 44.4 Å². The molecule has 1 saturated heterocycles. The number of halogens is 1. The van der Waals surface area contributed by atoms with Crippen molar-refractivity contribution >= 4 is 11.3 Å². The Morgan fingerprint density at radius 1 is 0.818 bits per heavy atom. The highest BCUT2D eigenvalue weighted by Gasteiger charge is 2.67. The van der Waals surface area contributed by atoms with E-state index in [1.54, 1.807) is 12.1 Å². The van der Waals surface area contributed by atoms with Gasteiger partial charge in [0.15, 0.2) is 11.4 Å². The number of benzene rings is 3. The minimum absolute atomic E-state index is 0.122. The first kappa shape index (κ1) is 29.4. The van der Waals surface area contributed by atoms with Gasteiger partial charge in [-0.3, -0.25) is 0 Å². The van der Waals surface area contributed by atoms with Gasteiger partial charge in [0.05, 0.1) is 32.1 Å². The zero-order valence-electron chi connectivity index (χ0n) is 24.0. The maximum atomic E-state index is 15.6. The molecule has 0 radical (unpaired) electrons. The number of alkyl halides is 1. The maximum Gasteiger partial charge on any atom is 0.226 e. The van der Waals surface area contributed by atoms with Gasteiger partial charge < -0.3 is 24.7 Å². The van der Waals surface area contributed by atoms with Crippen LogP contribution in [-0.4, -0.2) is 45.7 Å². The van der Waals surface area contributed by atoms with Gasteiger partial charge in [0.1, 0.15) is 36.8 Å². The van der Waals surface area contributed by atoms with Crippen LogP contribution in [0.25, 0.3) is 5.52 Å². The van der Waals surface area contributed by atoms with Crippen LogP contribution in [0.1, 0.15) is 22.4 Å². The molecule has 3 heterocycles. The smallest absolute Gasteiger partial charge is 0.226 e. The van der Waals surface area contributed by atoms with Crippen molar-refractivity contribution in [2.24, 2.45) is 0 Å². The second-order valence-electron chi connectivity index (χ2n) is 10.7. The summed E-state index contributed by atoms with van der Waals surface area (Å²) in [7, 11) is 0. The van der Waals surface area contributed by atoms with Crippen LogP contribution in [0, 0.1) is 11.3 Å². The van der Waals surface area contributed by atoms with E-state index in [9.17, 15) is 5.26 Å². The van der Waals surface area contributed by atoms with Gasteiger partial charge in [-0.25, -0.2) is 13.9 Å². The predicted molar refractivity (Wildman–Crippen MR) is 161 cm³/mol. The van der Waals surface area contributed by atoms with Gasteiger partial charge >= 0.3 is 0 Å². The molecule has 6 rings (SSSR count). The molecule has 1 aliphatic heterocycles. The maximum absolute atomic E-state index is 15.6. The molecule has 0 aliphatic carbocycles. The van der Waals surface area contributed by atoms with Crippen LogP contribution in [0.3, 0.4) is 0 Å². The minimum atomic E-state index is -1.86. The third kappa shape index (κ3) is 5.66. The molecule has 2 aromatic heterocycles. The highest BCUT2D eigenvalue weighted by atomic mass is 19.1. The number of nitrogen functional groups attached to an aromatic ring is 1. The number of anilines is 1. The average Bonchev–Trinajstić information content (AvgIpc) is 3.63. The largest absolute Gasteiger partial charge is 0.382 e. The number of hydrogen-bond acceptors (Lipinski definition) is 8. The first-order valence-electron chi connectivity index (χ1n) is 14.3. The molecule has 4 atom stereocenters. The third-order valence-electron chi connectivity index (χ3n) is 7.82. The lowest BCUT2D eigenvalue weighted by Crippen LogP contribution is -2.51. The number of nitrogens with two attached hydrogens (primary N) is 1. The van der Waals surface area contributed by atoms with Gasteiger partial charge in [-0.1, -0.05) is 91.0 Å². The number of nitriles is 1. The first-order valence-corrected chi connectivity index (χ1v) is 14.3. The second-order valence-corrected chi connectivity index (χ2v) is 10.7. The molecule has 44 heavy (non-hydrogen) atoms. The van der Waals surface area contributed by atoms with Gasteiger partial charge in [-0.05, 0) is 28.8 Å². The van der Waals surface area contributed by atoms with E-state index in [0.717, 1.165) is 16.7 Å². The van der Waals surface area contributed by atoms with Crippen LogP contribution in [0.4, 0.5) is 10.2 Å². The molecule has 1 fully saturated rings. The normalized spacial score (nSPS) is 23.1. The fraction of sp³-hybridized carbons (Fsp3) is 0.265. The number of nitrogens with zero attached hydrogens (tertiary/aromatic N) is 4. The van der Waals surface area contributed by atoms with Crippen LogP contribution >= 0.6 is 0 Å². The van der Waals surface area contributed by atoms with E-state index in [2.05, 4.69) is 16.2 Å². The van der Waals surface area contributed by atoms with E-state index in [0.29, 0.717) is 11.2 Å². The van der Waals surface area contributed by atoms with Gasteiger partial charge in [0, 0.05) is 0 Å². The topological polar surface area (TPSA) is 117 Å². The molecule has 2 N–H and O–H groups in total. The molecule has 10 heteroatoms. The van der Waals surface area contributed by atoms with Gasteiger partial charge in [-0.15, -0.1) is 0 Å². The summed E-state index contributed by atoms with van der Waals surface area (Å²) in [5.41, 5.74) is 6.01. The van der Waals surface area contributed by atoms with Crippen LogP contribution < -0.4 is 5.73 Å². The van der Waals surface area contributed by atoms with Crippen LogP contribution in [0.15, 0.2) is 109 Å². The molecule has 1 aliphatic rings. The fourth-order valence-corrected chi connectivity index (χ4v) is 5.64. The van der Waals surface area contributed by atoms with Crippen molar-refractivity contribution < 1.29 is 23.3 Å². The van der Waals surface area contributed by atoms with E-state index in [4.69, 9.17) is 24.7 Å². The average molecular weight is 594 g/mol. The number of fused-ring (bicyclic) bond motifs is 1. The summed E-state index contributed by atoms with van der Waals surface area (Å²) in [6.45, 7) is -0.739. The second kappa shape index (κ2) is 12.9. The Morgan fingerprint density at radius 3 is 1.95 bits per heavy atom. The summed E-state index contributed by atoms with van der Waals surface area (Å²) in [5, 5.41) is 15.3. The SMILES string of the molecule is N#C[C@@]1(c2ccc3c(N)ncnn23)O[C@](CF)(COCc2ccccc2)[C@@H](OCc2ccccc2)[C@H]1OCc1ccccc1. The third-order valence-corrected chi connectivity index (χ3v) is 7.82. The van der Waals surface area contributed by atoms with E-state index in [1.165, 1.54) is 10.8 Å². The van der Waals surface area contributed by atoms with Crippen molar-refractivity contribution in [1.82, 2.24) is 14.6 Å². The van der Waals surface area contributed by atoms with Crippen molar-refractivity contribution in [3.8, 4) is 6.07 Å². The van der Waals surface area contributed by atoms with Gasteiger partial charge in [0.25, 0.3) is 0 Å². The van der Waals surface area contributed by atoms with Crippen molar-refractivity contribution in [2.75, 3.05) is 19.0 Å². The number of ether oxygens (including phenoxy) is 4. The Balaban J connectivity index is 1.43. The molecule has 9 nitrogen and oxygen atoms in total. The number of hydrogen-bond donors (Lipinski definition) is 1. The Kier molecular flexibility index (Phi) is 8.63. The zero-order chi connectivity index (χ0) is 30.4. The lowest BCUT2D eigenvalue weighted by molar-refractivity contribution is -0.168. The Morgan fingerprint density at radius 2 is 1.39 bits per heavy atom. The minimum Gasteiger partial charge on any atom is -0.382 e. The summed E-state index contributed by atoms with van der Waals surface area (Å²) in [6, 6.07) is 34.3. The Bertz CT molecular complexity index is 1720. The Hall–Kier alpha value is -4.66. The highest BCUT2D eigenvalue weighted by Crippen LogP contribution is 2.49. The molecule has 0 unspecified atom stereocenters. The summed E-state index contributed by atoms with van der Waals surface area (Å²) in [6.07, 6.45) is -0.862. The lowest BCUT2D eigenvalue weighted by Gasteiger charge is -2.32. The summed E-state index contributed by atoms with van der Waals surface area (Å²) >= 11 is 0. The zero-order valence-corrected chi connectivity index (χ0v) is 24.0. The van der Waals surface area contributed by atoms with Gasteiger partial charge in [-0.2, -0.15) is 10.4 Å². The number of aromatic nitrogens is 3. The summed E-state index contributed by atoms with van der Waals surface area (Å²) < 4.78 is 42.8. The standard InChI is InChI=1S/C34H32FN5O4/c35-21-33(23-41-18-25-10-4-1-5-11-25)30(42-19-26-12-6-2-7-13-26)31(43-20-27-14-8-3-9-15-27)34(22-36,44-33)29-17-16-28-32(37)38-24-39-40(28)29/h1-17,24,30-31H,18-21,23H2,(H2,37,38,39)/t30-,31+,33+,34-/m0/s1. The van der Waals surface area contributed by atoms with Crippen molar-refractivity contribution in [3.05, 3.63) is 132 Å². The number of rotatable bonds is 12. The van der Waals surface area contributed by atoms with E-state index < -0.39 is 30.1 Å². The molecule has 0 amide bonds. The predicted octanol–water partition coefficient (Wildman–Crippen LogP) is 5.16. The molecule has 0 saturated carbocycles. The molecule has 0 bridgehead atoms. The molecule has 224 valence electrons. The van der Waals surface area contributed by atoms with E-state index in [-0.39, 0.29) is 32.2 Å². The first-order chi connectivity index (χ1) is 21.6. The molecule has 3 aromatic carbocycles.